The van der Waals surface area contributed by atoms with Gasteiger partial charge in [-0.25, -0.2) is 9.56 Å². The van der Waals surface area contributed by atoms with E-state index in [0.717, 1.165) is 18.9 Å². The zero-order valence-electron chi connectivity index (χ0n) is 25.7. The Morgan fingerprint density at radius 2 is 1.27 bits per heavy atom. The van der Waals surface area contributed by atoms with Crippen molar-refractivity contribution < 1.29 is 85.9 Å². The maximum Gasteiger partial charge on any atom is 1.00 e. The molecule has 0 radical (unpaired) electrons. The van der Waals surface area contributed by atoms with Crippen LogP contribution in [0.3, 0.4) is 0 Å². The molecule has 0 aliphatic carbocycles. The minimum Gasteiger partial charge on any atom is -0.370 e. The summed E-state index contributed by atoms with van der Waals surface area (Å²) >= 11 is 0. The third kappa shape index (κ3) is 12.6. The van der Waals surface area contributed by atoms with Gasteiger partial charge in [-0.1, -0.05) is 0 Å². The summed E-state index contributed by atoms with van der Waals surface area (Å²) in [6, 6.07) is 3.93. The predicted octanol–water partition coefficient (Wildman–Crippen LogP) is -0.639. The summed E-state index contributed by atoms with van der Waals surface area (Å²) in [6.07, 6.45) is 6.64. The van der Waals surface area contributed by atoms with E-state index in [4.69, 9.17) is 4.74 Å². The first-order valence-electron chi connectivity index (χ1n) is 14.5. The maximum absolute atomic E-state index is 5.25. The van der Waals surface area contributed by atoms with Crippen LogP contribution in [0.4, 0.5) is 5.69 Å². The van der Waals surface area contributed by atoms with Gasteiger partial charge in [0, 0.05) is 32.5 Å². The van der Waals surface area contributed by atoms with E-state index in [9.17, 15) is 0 Å². The Kier molecular flexibility index (Phi) is 17.2. The molecule has 5 fully saturated rings. The summed E-state index contributed by atoms with van der Waals surface area (Å²) in [6.45, 7) is 29.9. The molecule has 8 heteroatoms. The van der Waals surface area contributed by atoms with Crippen molar-refractivity contribution in [3.05, 3.63) is 24.5 Å². The van der Waals surface area contributed by atoms with Gasteiger partial charge in [0.15, 0.2) is 12.4 Å². The Morgan fingerprint density at radius 3 is 1.57 bits per heavy atom. The number of nitrogens with zero attached hydrogens (tertiary/aromatic N) is 5. The molecule has 37 heavy (non-hydrogen) atoms. The minimum atomic E-state index is 0. The summed E-state index contributed by atoms with van der Waals surface area (Å²) in [4.78, 5) is 5.53. The molecule has 0 amide bonds. The van der Waals surface area contributed by atoms with Crippen LogP contribution in [0.1, 0.15) is 33.6 Å². The first-order valence-corrected chi connectivity index (χ1v) is 14.5. The van der Waals surface area contributed by atoms with Crippen LogP contribution in [-0.4, -0.2) is 149 Å². The quantitative estimate of drug-likeness (QED) is 0.265. The van der Waals surface area contributed by atoms with Gasteiger partial charge in [0.1, 0.15) is 26.9 Å². The molecule has 1 aromatic rings. The molecule has 5 saturated heterocycles. The molecular weight excluding hydrogens is 534 g/mol. The van der Waals surface area contributed by atoms with E-state index in [1.807, 2.05) is 36.1 Å². The third-order valence-corrected chi connectivity index (χ3v) is 9.21. The summed E-state index contributed by atoms with van der Waals surface area (Å²) in [5.41, 5.74) is 1.11. The van der Waals surface area contributed by atoms with Crippen LogP contribution in [-0.2, 0) is 4.74 Å². The molecule has 0 aromatic carbocycles. The minimum absolute atomic E-state index is 0. The van der Waals surface area contributed by atoms with Crippen molar-refractivity contribution in [2.45, 2.75) is 33.6 Å². The summed E-state index contributed by atoms with van der Waals surface area (Å²) < 4.78 is 11.0. The molecule has 0 unspecified atom stereocenters. The van der Waals surface area contributed by atoms with Crippen LogP contribution in [0, 0.1) is 0 Å². The molecule has 0 atom stereocenters. The fraction of sp³-hybridized carbons (Fsp3) is 0.793. The van der Waals surface area contributed by atoms with Gasteiger partial charge in [-0.3, -0.25) is 4.90 Å². The number of likely N-dealkylation sites (N-methyl/N-ethyl adjacent to an activating group) is 2. The number of nitrogens with one attached hydrogen (secondary N) is 1. The second-order valence-corrected chi connectivity index (χ2v) is 11.7. The molecule has 6 heterocycles. The van der Waals surface area contributed by atoms with E-state index in [1.54, 1.807) is 0 Å². The summed E-state index contributed by atoms with van der Waals surface area (Å²) in [7, 11) is 6.56. The number of hydrogen-bond acceptors (Lipinski definition) is 2. The molecule has 7 nitrogen and oxygen atoms in total. The zero-order valence-corrected chi connectivity index (χ0v) is 30.6. The Morgan fingerprint density at radius 1 is 0.811 bits per heavy atom. The van der Waals surface area contributed by atoms with Crippen molar-refractivity contribution in [3.63, 3.8) is 0 Å². The Labute approximate surface area is 278 Å². The molecule has 206 valence electrons. The standard InChI is InChI=1S/C8H17N2.C7H9N2.C7H16NO.C7H16N.Rb/c1-2-10-6-3-9(4-7-10)5-8-10;1-9(2)7-3-5-8-6-4-7;1-3-8(2)4-6-9-7-5-8;1-3-8(2)6-4-5-7-8;/h2-8H2,1H3;3-6H,1H2,2H3;3-7H2,1-2H3;3-7H2,1-2H3;/q5*+1/p+1. The Hall–Kier alpha value is 0.425. The molecule has 1 aromatic heterocycles. The number of pyridine rings is 1. The molecule has 5 aliphatic heterocycles. The van der Waals surface area contributed by atoms with Gasteiger partial charge >= 0.3 is 58.2 Å². The number of likely N-dealkylation sites (tertiary alicyclic amines) is 1. The summed E-state index contributed by atoms with van der Waals surface area (Å²) in [5, 5.41) is 0. The number of rotatable bonds is 4. The van der Waals surface area contributed by atoms with Crippen molar-refractivity contribution in [1.29, 1.82) is 0 Å². The first-order chi connectivity index (χ1) is 17.2. The van der Waals surface area contributed by atoms with Crippen LogP contribution in [0.2, 0.25) is 0 Å². The number of aromatic amines is 1. The van der Waals surface area contributed by atoms with Crippen molar-refractivity contribution in [2.75, 3.05) is 119 Å². The third-order valence-electron chi connectivity index (χ3n) is 9.21. The van der Waals surface area contributed by atoms with Gasteiger partial charge in [-0.2, -0.15) is 0 Å². The average Bonchev–Trinajstić information content (AvgIpc) is 3.39. The van der Waals surface area contributed by atoms with Crippen molar-refractivity contribution >= 4 is 12.4 Å². The number of quaternary nitrogens is 3. The van der Waals surface area contributed by atoms with Crippen molar-refractivity contribution in [2.24, 2.45) is 0 Å². The van der Waals surface area contributed by atoms with E-state index >= 15 is 0 Å². The van der Waals surface area contributed by atoms with Crippen LogP contribution in [0.5, 0.6) is 0 Å². The molecule has 0 saturated carbocycles. The Balaban J connectivity index is 0.000000245. The number of piperazine rings is 3. The smallest absolute Gasteiger partial charge is 0.370 e. The van der Waals surface area contributed by atoms with Crippen LogP contribution in [0.15, 0.2) is 24.5 Å². The molecular formula is C29H59N6ORb+6. The fourth-order valence-corrected chi connectivity index (χ4v) is 5.35. The number of H-pyrrole nitrogens is 1. The van der Waals surface area contributed by atoms with Crippen LogP contribution < -0.4 is 63.2 Å². The summed E-state index contributed by atoms with van der Waals surface area (Å²) in [5.74, 6) is 0. The van der Waals surface area contributed by atoms with E-state index in [1.165, 1.54) is 111 Å². The van der Waals surface area contributed by atoms with Gasteiger partial charge < -0.3 is 18.2 Å². The molecule has 2 bridgehead atoms. The number of aromatic nitrogens is 1. The zero-order chi connectivity index (χ0) is 26.5. The van der Waals surface area contributed by atoms with E-state index in [2.05, 4.69) is 51.5 Å². The van der Waals surface area contributed by atoms with E-state index < -0.39 is 0 Å². The van der Waals surface area contributed by atoms with Crippen molar-refractivity contribution in [1.82, 2.24) is 4.90 Å². The van der Waals surface area contributed by atoms with E-state index in [-0.39, 0.29) is 58.2 Å². The van der Waals surface area contributed by atoms with Crippen LogP contribution in [0.25, 0.3) is 0 Å². The largest absolute Gasteiger partial charge is 1.00 e. The maximum atomic E-state index is 5.25. The predicted molar refractivity (Wildman–Crippen MR) is 151 cm³/mol. The van der Waals surface area contributed by atoms with Gasteiger partial charge in [0.25, 0.3) is 0 Å². The first kappa shape index (κ1) is 35.5. The number of hydrogen-bond donors (Lipinski definition) is 0. The normalized spacial score (nSPS) is 26.6. The average molecular weight is 593 g/mol. The SMILES string of the molecule is C=[N+](C)c1cc[nH+]cc1.CC[N+]1(C)CCCC1.CC[N+]1(C)CCOCC1.CC[N+]12CCN(CC1)CC2.[Rb+]. The van der Waals surface area contributed by atoms with E-state index in [0.29, 0.717) is 0 Å². The molecule has 6 rings (SSSR count). The number of morpholine rings is 1. The van der Waals surface area contributed by atoms with Gasteiger partial charge in [0.2, 0.25) is 5.69 Å². The Bertz CT molecular complexity index is 728. The number of fused-ring (bicyclic) bond motifs is 3. The van der Waals surface area contributed by atoms with Gasteiger partial charge in [-0.05, 0) is 20.8 Å². The second-order valence-electron chi connectivity index (χ2n) is 11.7. The van der Waals surface area contributed by atoms with Gasteiger partial charge in [0.05, 0.1) is 91.8 Å². The molecule has 1 N–H and O–H groups in total. The number of ether oxygens (including phenoxy) is 1. The topological polar surface area (TPSA) is 29.6 Å². The molecule has 0 spiro atoms. The van der Waals surface area contributed by atoms with Crippen LogP contribution >= 0.6 is 0 Å². The van der Waals surface area contributed by atoms with Gasteiger partial charge in [-0.15, -0.1) is 0 Å². The second kappa shape index (κ2) is 18.0. The van der Waals surface area contributed by atoms with Crippen molar-refractivity contribution in [3.8, 4) is 0 Å². The monoisotopic (exact) mass is 592 g/mol. The molecule has 5 aliphatic rings. The fourth-order valence-electron chi connectivity index (χ4n) is 5.35.